The standard InChI is InChI=1S/C17H22O2/c18-16(10-4-8-15-9-5-13-19-15)17(11-12-17)14-6-2-1-3-7-14/h1-3,6-7,15H,4-5,8-13H2. The van der Waals surface area contributed by atoms with Gasteiger partial charge in [-0.3, -0.25) is 4.79 Å². The molecule has 1 aromatic rings. The highest BCUT2D eigenvalue weighted by molar-refractivity contribution is 5.93. The van der Waals surface area contributed by atoms with Crippen LogP contribution >= 0.6 is 0 Å². The highest BCUT2D eigenvalue weighted by Gasteiger charge is 2.49. The monoisotopic (exact) mass is 258 g/mol. The van der Waals surface area contributed by atoms with Gasteiger partial charge in [0.1, 0.15) is 5.78 Å². The van der Waals surface area contributed by atoms with Crippen LogP contribution in [0.1, 0.15) is 50.5 Å². The second-order valence-corrected chi connectivity index (χ2v) is 5.90. The molecule has 0 bridgehead atoms. The Bertz CT molecular complexity index is 428. The van der Waals surface area contributed by atoms with Crippen LogP contribution < -0.4 is 0 Å². The van der Waals surface area contributed by atoms with Gasteiger partial charge in [0.05, 0.1) is 11.5 Å². The summed E-state index contributed by atoms with van der Waals surface area (Å²) in [6.07, 6.45) is 7.61. The van der Waals surface area contributed by atoms with E-state index < -0.39 is 0 Å². The van der Waals surface area contributed by atoms with Crippen LogP contribution in [0.4, 0.5) is 0 Å². The molecule has 0 aromatic heterocycles. The normalized spacial score (nSPS) is 24.3. The van der Waals surface area contributed by atoms with Gasteiger partial charge in [-0.2, -0.15) is 0 Å². The number of ketones is 1. The molecule has 1 saturated heterocycles. The van der Waals surface area contributed by atoms with Crippen LogP contribution in [0.25, 0.3) is 0 Å². The van der Waals surface area contributed by atoms with E-state index in [9.17, 15) is 4.79 Å². The van der Waals surface area contributed by atoms with E-state index in [0.717, 1.165) is 38.7 Å². The first-order chi connectivity index (χ1) is 9.31. The molecule has 3 rings (SSSR count). The summed E-state index contributed by atoms with van der Waals surface area (Å²) in [6.45, 7) is 0.909. The molecule has 0 spiro atoms. The van der Waals surface area contributed by atoms with E-state index in [4.69, 9.17) is 4.74 Å². The third-order valence-corrected chi connectivity index (χ3v) is 4.56. The molecule has 0 amide bonds. The summed E-state index contributed by atoms with van der Waals surface area (Å²) in [6, 6.07) is 10.3. The number of ether oxygens (including phenoxy) is 1. The molecule has 0 radical (unpaired) electrons. The fourth-order valence-corrected chi connectivity index (χ4v) is 3.21. The van der Waals surface area contributed by atoms with E-state index in [1.807, 2.05) is 18.2 Å². The molecule has 2 heteroatoms. The first kappa shape index (κ1) is 12.9. The summed E-state index contributed by atoms with van der Waals surface area (Å²) >= 11 is 0. The maximum atomic E-state index is 12.5. The molecule has 2 fully saturated rings. The van der Waals surface area contributed by atoms with Gasteiger partial charge in [-0.15, -0.1) is 0 Å². The van der Waals surface area contributed by atoms with Crippen LogP contribution in [-0.2, 0) is 14.9 Å². The average molecular weight is 258 g/mol. The number of carbonyl (C=O) groups excluding carboxylic acids is 1. The fraction of sp³-hybridized carbons (Fsp3) is 0.588. The molecule has 1 heterocycles. The van der Waals surface area contributed by atoms with Crippen molar-refractivity contribution in [1.29, 1.82) is 0 Å². The van der Waals surface area contributed by atoms with Crippen molar-refractivity contribution < 1.29 is 9.53 Å². The Balaban J connectivity index is 1.52. The van der Waals surface area contributed by atoms with Gasteiger partial charge in [0.15, 0.2) is 0 Å². The summed E-state index contributed by atoms with van der Waals surface area (Å²) < 4.78 is 5.61. The Morgan fingerprint density at radius 2 is 2.05 bits per heavy atom. The molecule has 1 aliphatic heterocycles. The second-order valence-electron chi connectivity index (χ2n) is 5.90. The Kier molecular flexibility index (Phi) is 3.69. The van der Waals surface area contributed by atoms with Crippen molar-refractivity contribution in [2.75, 3.05) is 6.61 Å². The zero-order valence-corrected chi connectivity index (χ0v) is 11.4. The topological polar surface area (TPSA) is 26.3 Å². The van der Waals surface area contributed by atoms with Crippen LogP contribution in [0.5, 0.6) is 0 Å². The predicted octanol–water partition coefficient (Wildman–Crippen LogP) is 3.64. The molecule has 19 heavy (non-hydrogen) atoms. The largest absolute Gasteiger partial charge is 0.378 e. The van der Waals surface area contributed by atoms with Gasteiger partial charge >= 0.3 is 0 Å². The van der Waals surface area contributed by atoms with Crippen molar-refractivity contribution in [2.45, 2.75) is 56.5 Å². The predicted molar refractivity (Wildman–Crippen MR) is 75.2 cm³/mol. The van der Waals surface area contributed by atoms with E-state index in [-0.39, 0.29) is 5.41 Å². The third kappa shape index (κ3) is 2.74. The van der Waals surface area contributed by atoms with E-state index in [1.165, 1.54) is 18.4 Å². The second kappa shape index (κ2) is 5.46. The Morgan fingerprint density at radius 1 is 1.26 bits per heavy atom. The van der Waals surface area contributed by atoms with Gasteiger partial charge in [0, 0.05) is 13.0 Å². The van der Waals surface area contributed by atoms with Crippen LogP contribution in [0.2, 0.25) is 0 Å². The molecule has 1 saturated carbocycles. The summed E-state index contributed by atoms with van der Waals surface area (Å²) in [7, 11) is 0. The minimum atomic E-state index is -0.127. The number of rotatable bonds is 6. The van der Waals surface area contributed by atoms with Crippen molar-refractivity contribution in [3.63, 3.8) is 0 Å². The maximum absolute atomic E-state index is 12.5. The van der Waals surface area contributed by atoms with E-state index in [2.05, 4.69) is 12.1 Å². The molecule has 1 atom stereocenters. The number of hydrogen-bond donors (Lipinski definition) is 0. The van der Waals surface area contributed by atoms with Crippen LogP contribution in [0.3, 0.4) is 0 Å². The maximum Gasteiger partial charge on any atom is 0.143 e. The molecular weight excluding hydrogens is 236 g/mol. The third-order valence-electron chi connectivity index (χ3n) is 4.56. The van der Waals surface area contributed by atoms with E-state index >= 15 is 0 Å². The van der Waals surface area contributed by atoms with Gasteiger partial charge in [-0.05, 0) is 44.1 Å². The summed E-state index contributed by atoms with van der Waals surface area (Å²) in [5.41, 5.74) is 1.09. The smallest absolute Gasteiger partial charge is 0.143 e. The lowest BCUT2D eigenvalue weighted by Gasteiger charge is -2.15. The Hall–Kier alpha value is -1.15. The van der Waals surface area contributed by atoms with Crippen LogP contribution in [0.15, 0.2) is 30.3 Å². The molecular formula is C17H22O2. The highest BCUT2D eigenvalue weighted by Crippen LogP contribution is 2.49. The lowest BCUT2D eigenvalue weighted by molar-refractivity contribution is -0.121. The molecule has 2 aliphatic rings. The highest BCUT2D eigenvalue weighted by atomic mass is 16.5. The molecule has 1 unspecified atom stereocenters. The van der Waals surface area contributed by atoms with E-state index in [1.54, 1.807) is 0 Å². The van der Waals surface area contributed by atoms with Crippen molar-refractivity contribution >= 4 is 5.78 Å². The van der Waals surface area contributed by atoms with Crippen LogP contribution in [-0.4, -0.2) is 18.5 Å². The Morgan fingerprint density at radius 3 is 2.68 bits per heavy atom. The fourth-order valence-electron chi connectivity index (χ4n) is 3.21. The number of Topliss-reactive ketones (excluding diaryl/α,β-unsaturated/α-hetero) is 1. The minimum Gasteiger partial charge on any atom is -0.378 e. The molecule has 1 aliphatic carbocycles. The van der Waals surface area contributed by atoms with Crippen molar-refractivity contribution in [1.82, 2.24) is 0 Å². The first-order valence-electron chi connectivity index (χ1n) is 7.52. The summed E-state index contributed by atoms with van der Waals surface area (Å²) in [5.74, 6) is 0.441. The SMILES string of the molecule is O=C(CCCC1CCCO1)C1(c2ccccc2)CC1. The summed E-state index contributed by atoms with van der Waals surface area (Å²) in [5, 5.41) is 0. The quantitative estimate of drug-likeness (QED) is 0.778. The van der Waals surface area contributed by atoms with Gasteiger partial charge in [0.2, 0.25) is 0 Å². The summed E-state index contributed by atoms with van der Waals surface area (Å²) in [4.78, 5) is 12.5. The van der Waals surface area contributed by atoms with Gasteiger partial charge < -0.3 is 4.74 Å². The molecule has 0 N–H and O–H groups in total. The van der Waals surface area contributed by atoms with Gasteiger partial charge in [-0.1, -0.05) is 30.3 Å². The lowest BCUT2D eigenvalue weighted by atomic mass is 9.88. The Labute approximate surface area is 115 Å². The van der Waals surface area contributed by atoms with Crippen molar-refractivity contribution in [2.24, 2.45) is 0 Å². The van der Waals surface area contributed by atoms with Gasteiger partial charge in [-0.25, -0.2) is 0 Å². The number of carbonyl (C=O) groups is 1. The van der Waals surface area contributed by atoms with Crippen molar-refractivity contribution in [3.05, 3.63) is 35.9 Å². The molecule has 2 nitrogen and oxygen atoms in total. The lowest BCUT2D eigenvalue weighted by Crippen LogP contribution is -2.20. The van der Waals surface area contributed by atoms with Gasteiger partial charge in [0.25, 0.3) is 0 Å². The zero-order chi connectivity index (χ0) is 13.1. The molecule has 1 aromatic carbocycles. The minimum absolute atomic E-state index is 0.127. The zero-order valence-electron chi connectivity index (χ0n) is 11.4. The molecule has 102 valence electrons. The van der Waals surface area contributed by atoms with Crippen molar-refractivity contribution in [3.8, 4) is 0 Å². The first-order valence-corrected chi connectivity index (χ1v) is 7.52. The van der Waals surface area contributed by atoms with Crippen LogP contribution in [0, 0.1) is 0 Å². The van der Waals surface area contributed by atoms with E-state index in [0.29, 0.717) is 11.9 Å². The number of benzene rings is 1. The number of hydrogen-bond acceptors (Lipinski definition) is 2. The average Bonchev–Trinajstić information content (AvgIpc) is 3.11.